The fraction of sp³-hybridized carbons (Fsp3) is 0.621. The van der Waals surface area contributed by atoms with Crippen molar-refractivity contribution in [2.24, 2.45) is 17.3 Å². The van der Waals surface area contributed by atoms with Gasteiger partial charge < -0.3 is 15.5 Å². The lowest BCUT2D eigenvalue weighted by molar-refractivity contribution is -0.142. The van der Waals surface area contributed by atoms with Gasteiger partial charge in [0, 0.05) is 37.0 Å². The van der Waals surface area contributed by atoms with Gasteiger partial charge in [-0.15, -0.1) is 0 Å². The molecular weight excluding hydrogens is 498 g/mol. The number of carbonyl (C=O) groups is 4. The first-order chi connectivity index (χ1) is 18.5. The monoisotopic (exact) mass is 539 g/mol. The van der Waals surface area contributed by atoms with Crippen molar-refractivity contribution in [1.82, 2.24) is 21.0 Å². The SMILES string of the molecule is CC(C)(C)[C@H](NC(=O)[C@@H](CC(=O)NO)CC1CCCC1)C(=O)N1CCC(NC(=O)c2ccc(C#N)cc2)CC1. The number of hydrogen-bond donors (Lipinski definition) is 4. The molecule has 1 aromatic rings. The molecule has 1 saturated carbocycles. The van der Waals surface area contributed by atoms with E-state index in [1.165, 1.54) is 0 Å². The first-order valence-corrected chi connectivity index (χ1v) is 13.8. The van der Waals surface area contributed by atoms with E-state index in [9.17, 15) is 19.2 Å². The second-order valence-electron chi connectivity index (χ2n) is 11.9. The van der Waals surface area contributed by atoms with E-state index in [1.54, 1.807) is 34.6 Å². The third-order valence-electron chi connectivity index (χ3n) is 7.84. The van der Waals surface area contributed by atoms with Crippen LogP contribution in [-0.4, -0.2) is 58.9 Å². The Balaban J connectivity index is 1.60. The molecule has 212 valence electrons. The molecule has 0 radical (unpaired) electrons. The zero-order valence-electron chi connectivity index (χ0n) is 23.2. The maximum Gasteiger partial charge on any atom is 0.251 e. The molecule has 0 aromatic heterocycles. The Labute approximate surface area is 230 Å². The summed E-state index contributed by atoms with van der Waals surface area (Å²) in [5, 5.41) is 23.9. The molecule has 0 bridgehead atoms. The van der Waals surface area contributed by atoms with Gasteiger partial charge in [0.1, 0.15) is 6.04 Å². The van der Waals surface area contributed by atoms with Crippen molar-refractivity contribution >= 4 is 23.6 Å². The van der Waals surface area contributed by atoms with Crippen LogP contribution in [0.25, 0.3) is 0 Å². The smallest absolute Gasteiger partial charge is 0.251 e. The van der Waals surface area contributed by atoms with E-state index in [0.29, 0.717) is 49.4 Å². The lowest BCUT2D eigenvalue weighted by Gasteiger charge is -2.39. The van der Waals surface area contributed by atoms with Gasteiger partial charge in [-0.05, 0) is 54.9 Å². The first kappa shape index (κ1) is 30.1. The molecule has 10 nitrogen and oxygen atoms in total. The second kappa shape index (κ2) is 13.6. The maximum absolute atomic E-state index is 13.6. The van der Waals surface area contributed by atoms with E-state index >= 15 is 0 Å². The molecule has 2 aliphatic rings. The fourth-order valence-corrected chi connectivity index (χ4v) is 5.50. The van der Waals surface area contributed by atoms with E-state index < -0.39 is 23.3 Å². The summed E-state index contributed by atoms with van der Waals surface area (Å²) in [5.41, 5.74) is 2.03. The summed E-state index contributed by atoms with van der Waals surface area (Å²) < 4.78 is 0. The Bertz CT molecular complexity index is 1060. The van der Waals surface area contributed by atoms with Crippen LogP contribution in [0, 0.1) is 28.6 Å². The molecular formula is C29H41N5O5. The molecule has 4 amide bonds. The Morgan fingerprint density at radius 3 is 2.21 bits per heavy atom. The number of nitrogens with zero attached hydrogens (tertiary/aromatic N) is 2. The Morgan fingerprint density at radius 1 is 1.05 bits per heavy atom. The number of piperidine rings is 1. The molecule has 3 rings (SSSR count). The van der Waals surface area contributed by atoms with Gasteiger partial charge in [-0.3, -0.25) is 24.4 Å². The molecule has 4 N–H and O–H groups in total. The van der Waals surface area contributed by atoms with Gasteiger partial charge in [0.05, 0.1) is 11.6 Å². The number of likely N-dealkylation sites (tertiary alicyclic amines) is 1. The maximum atomic E-state index is 13.6. The molecule has 1 aliphatic carbocycles. The molecule has 1 aromatic carbocycles. The summed E-state index contributed by atoms with van der Waals surface area (Å²) >= 11 is 0. The molecule has 2 fully saturated rings. The van der Waals surface area contributed by atoms with Crippen LogP contribution in [-0.2, 0) is 14.4 Å². The highest BCUT2D eigenvalue weighted by Crippen LogP contribution is 2.32. The number of carbonyl (C=O) groups excluding carboxylic acids is 4. The molecule has 2 atom stereocenters. The van der Waals surface area contributed by atoms with Crippen LogP contribution in [0.5, 0.6) is 0 Å². The van der Waals surface area contributed by atoms with Gasteiger partial charge in [-0.2, -0.15) is 5.26 Å². The predicted octanol–water partition coefficient (Wildman–Crippen LogP) is 2.90. The van der Waals surface area contributed by atoms with Crippen molar-refractivity contribution in [3.63, 3.8) is 0 Å². The standard InChI is InChI=1S/C29H41N5O5/c1-29(2,3)25(32-27(37)22(17-24(35)33-39)16-19-6-4-5-7-19)28(38)34-14-12-23(13-15-34)31-26(36)21-10-8-20(18-30)9-11-21/h8-11,19,22-23,25,39H,4-7,12-17H2,1-3H3,(H,31,36)(H,32,37)(H,33,35)/t22-,25-/m1/s1. The topological polar surface area (TPSA) is 152 Å². The van der Waals surface area contributed by atoms with Gasteiger partial charge in [-0.25, -0.2) is 5.48 Å². The van der Waals surface area contributed by atoms with Crippen LogP contribution in [0.4, 0.5) is 0 Å². The largest absolute Gasteiger partial charge is 0.349 e. The Hall–Kier alpha value is -3.45. The number of rotatable bonds is 9. The summed E-state index contributed by atoms with van der Waals surface area (Å²) in [5.74, 6) is -1.63. The average Bonchev–Trinajstić information content (AvgIpc) is 3.43. The number of nitriles is 1. The van der Waals surface area contributed by atoms with E-state index in [1.807, 2.05) is 26.8 Å². The van der Waals surface area contributed by atoms with Crippen molar-refractivity contribution in [2.75, 3.05) is 13.1 Å². The molecule has 0 spiro atoms. The fourth-order valence-electron chi connectivity index (χ4n) is 5.50. The van der Waals surface area contributed by atoms with Crippen molar-refractivity contribution in [1.29, 1.82) is 5.26 Å². The minimum Gasteiger partial charge on any atom is -0.349 e. The molecule has 1 heterocycles. The van der Waals surface area contributed by atoms with E-state index in [0.717, 1.165) is 25.7 Å². The molecule has 1 saturated heterocycles. The van der Waals surface area contributed by atoms with Gasteiger partial charge in [-0.1, -0.05) is 46.5 Å². The summed E-state index contributed by atoms with van der Waals surface area (Å²) in [6.45, 7) is 6.57. The normalized spacial score (nSPS) is 18.1. The summed E-state index contributed by atoms with van der Waals surface area (Å²) in [6.07, 6.45) is 5.84. The highest BCUT2D eigenvalue weighted by molar-refractivity contribution is 5.94. The minimum absolute atomic E-state index is 0.0901. The highest BCUT2D eigenvalue weighted by atomic mass is 16.5. The predicted molar refractivity (Wildman–Crippen MR) is 144 cm³/mol. The van der Waals surface area contributed by atoms with Crippen molar-refractivity contribution < 1.29 is 24.4 Å². The number of amides is 4. The van der Waals surface area contributed by atoms with Gasteiger partial charge >= 0.3 is 0 Å². The van der Waals surface area contributed by atoms with Crippen LogP contribution >= 0.6 is 0 Å². The van der Waals surface area contributed by atoms with Crippen LogP contribution < -0.4 is 16.1 Å². The number of nitrogens with one attached hydrogen (secondary N) is 3. The zero-order valence-corrected chi connectivity index (χ0v) is 23.2. The first-order valence-electron chi connectivity index (χ1n) is 13.8. The van der Waals surface area contributed by atoms with Crippen LogP contribution in [0.3, 0.4) is 0 Å². The molecule has 10 heteroatoms. The lowest BCUT2D eigenvalue weighted by atomic mass is 9.84. The quantitative estimate of drug-likeness (QED) is 0.280. The van der Waals surface area contributed by atoms with Crippen molar-refractivity contribution in [2.45, 2.75) is 84.2 Å². The summed E-state index contributed by atoms with van der Waals surface area (Å²) in [6, 6.07) is 7.60. The number of hydroxylamine groups is 1. The third-order valence-corrected chi connectivity index (χ3v) is 7.84. The lowest BCUT2D eigenvalue weighted by Crippen LogP contribution is -2.58. The zero-order chi connectivity index (χ0) is 28.6. The van der Waals surface area contributed by atoms with Crippen LogP contribution in [0.15, 0.2) is 24.3 Å². The van der Waals surface area contributed by atoms with E-state index in [-0.39, 0.29) is 30.2 Å². The summed E-state index contributed by atoms with van der Waals surface area (Å²) in [7, 11) is 0. The molecule has 1 aliphatic heterocycles. The highest BCUT2D eigenvalue weighted by Gasteiger charge is 2.39. The van der Waals surface area contributed by atoms with Gasteiger partial charge in [0.2, 0.25) is 17.7 Å². The van der Waals surface area contributed by atoms with E-state index in [4.69, 9.17) is 10.5 Å². The van der Waals surface area contributed by atoms with Crippen molar-refractivity contribution in [3.8, 4) is 6.07 Å². The Morgan fingerprint density at radius 2 is 1.67 bits per heavy atom. The van der Waals surface area contributed by atoms with E-state index in [2.05, 4.69) is 10.6 Å². The minimum atomic E-state index is -0.780. The molecule has 0 unspecified atom stereocenters. The number of benzene rings is 1. The second-order valence-corrected chi connectivity index (χ2v) is 11.9. The van der Waals surface area contributed by atoms with Gasteiger partial charge in [0.15, 0.2) is 0 Å². The van der Waals surface area contributed by atoms with Crippen molar-refractivity contribution in [3.05, 3.63) is 35.4 Å². The molecule has 39 heavy (non-hydrogen) atoms. The third kappa shape index (κ3) is 8.52. The Kier molecular flexibility index (Phi) is 10.5. The number of hydrogen-bond acceptors (Lipinski definition) is 6. The van der Waals surface area contributed by atoms with Crippen LogP contribution in [0.1, 0.15) is 88.1 Å². The summed E-state index contributed by atoms with van der Waals surface area (Å²) in [4.78, 5) is 53.3. The average molecular weight is 540 g/mol. The van der Waals surface area contributed by atoms with Gasteiger partial charge in [0.25, 0.3) is 5.91 Å². The van der Waals surface area contributed by atoms with Crippen LogP contribution in [0.2, 0.25) is 0 Å².